The van der Waals surface area contributed by atoms with E-state index in [4.69, 9.17) is 4.84 Å². The molecule has 0 bridgehead atoms. The van der Waals surface area contributed by atoms with Gasteiger partial charge < -0.3 is 14.6 Å². The zero-order valence-corrected chi connectivity index (χ0v) is 17.5. The highest BCUT2D eigenvalue weighted by atomic mass is 16.6. The van der Waals surface area contributed by atoms with E-state index < -0.39 is 0 Å². The molecule has 0 spiro atoms. The second kappa shape index (κ2) is 10.5. The predicted molar refractivity (Wildman–Crippen MR) is 112 cm³/mol. The van der Waals surface area contributed by atoms with E-state index in [2.05, 4.69) is 54.8 Å². The quantitative estimate of drug-likeness (QED) is 0.443. The summed E-state index contributed by atoms with van der Waals surface area (Å²) in [4.78, 5) is 22.6. The molecule has 9 heteroatoms. The zero-order chi connectivity index (χ0) is 20.5. The Morgan fingerprint density at radius 2 is 1.96 bits per heavy atom. The average Bonchev–Trinajstić information content (AvgIpc) is 3.08. The molecule has 0 atom stereocenters. The van der Waals surface area contributed by atoms with Crippen molar-refractivity contribution in [1.29, 1.82) is 0 Å². The monoisotopic (exact) mass is 386 g/mol. The standard InChI is InChI=1S/C17H24N8O.C2H6/c1-13-21-16(17(18-2)26-19-3)22-25(13)12-14-5-6-20-15(11-14)24-9-7-23(4)8-10-24;1-2/h5-6,11H,3,7-10,12H2,1-2,4H3;1-2H3. The number of pyridine rings is 1. The van der Waals surface area contributed by atoms with Crippen molar-refractivity contribution in [3.63, 3.8) is 0 Å². The lowest BCUT2D eigenvalue weighted by Crippen LogP contribution is -2.44. The molecule has 0 unspecified atom stereocenters. The highest BCUT2D eigenvalue weighted by Gasteiger charge is 2.17. The molecule has 3 rings (SSSR count). The van der Waals surface area contributed by atoms with E-state index in [0.29, 0.717) is 12.4 Å². The van der Waals surface area contributed by atoms with E-state index in [1.54, 1.807) is 7.05 Å². The molecule has 0 saturated carbocycles. The van der Waals surface area contributed by atoms with Crippen LogP contribution in [0, 0.1) is 6.92 Å². The van der Waals surface area contributed by atoms with Gasteiger partial charge in [0.25, 0.3) is 5.90 Å². The first-order chi connectivity index (χ1) is 13.6. The van der Waals surface area contributed by atoms with E-state index >= 15 is 0 Å². The Morgan fingerprint density at radius 3 is 2.61 bits per heavy atom. The number of anilines is 1. The Morgan fingerprint density at radius 1 is 1.25 bits per heavy atom. The fourth-order valence-electron chi connectivity index (χ4n) is 2.84. The van der Waals surface area contributed by atoms with E-state index in [0.717, 1.165) is 43.4 Å². The second-order valence-corrected chi connectivity index (χ2v) is 6.20. The molecule has 1 aliphatic heterocycles. The maximum Gasteiger partial charge on any atom is 0.290 e. The smallest absolute Gasteiger partial charge is 0.290 e. The zero-order valence-electron chi connectivity index (χ0n) is 17.5. The summed E-state index contributed by atoms with van der Waals surface area (Å²) in [7, 11) is 3.74. The molecule has 1 saturated heterocycles. The third-order valence-corrected chi connectivity index (χ3v) is 4.37. The summed E-state index contributed by atoms with van der Waals surface area (Å²) in [5.74, 6) is 2.41. The van der Waals surface area contributed by atoms with Crippen LogP contribution in [-0.2, 0) is 11.4 Å². The van der Waals surface area contributed by atoms with Gasteiger partial charge in [-0.2, -0.15) is 0 Å². The number of oxime groups is 1. The minimum Gasteiger partial charge on any atom is -0.354 e. The fourth-order valence-corrected chi connectivity index (χ4v) is 2.84. The van der Waals surface area contributed by atoms with Gasteiger partial charge in [0.2, 0.25) is 5.82 Å². The molecular formula is C19H30N8O. The number of hydrogen-bond donors (Lipinski definition) is 0. The van der Waals surface area contributed by atoms with Gasteiger partial charge in [0.05, 0.1) is 6.54 Å². The summed E-state index contributed by atoms with van der Waals surface area (Å²) in [6, 6.07) is 4.11. The minimum absolute atomic E-state index is 0.245. The average molecular weight is 387 g/mol. The second-order valence-electron chi connectivity index (χ2n) is 6.20. The highest BCUT2D eigenvalue weighted by molar-refractivity contribution is 5.90. The highest BCUT2D eigenvalue weighted by Crippen LogP contribution is 2.16. The molecule has 0 N–H and O–H groups in total. The van der Waals surface area contributed by atoms with Gasteiger partial charge in [-0.1, -0.05) is 19.0 Å². The van der Waals surface area contributed by atoms with Gasteiger partial charge >= 0.3 is 0 Å². The van der Waals surface area contributed by atoms with Crippen LogP contribution < -0.4 is 4.90 Å². The van der Waals surface area contributed by atoms with Crippen LogP contribution in [0.25, 0.3) is 0 Å². The summed E-state index contributed by atoms with van der Waals surface area (Å²) in [6.45, 7) is 13.9. The van der Waals surface area contributed by atoms with Gasteiger partial charge in [-0.15, -0.1) is 5.10 Å². The molecule has 28 heavy (non-hydrogen) atoms. The van der Waals surface area contributed by atoms with E-state index in [1.807, 2.05) is 37.7 Å². The van der Waals surface area contributed by atoms with Crippen LogP contribution in [0.3, 0.4) is 0 Å². The van der Waals surface area contributed by atoms with Gasteiger partial charge in [0.15, 0.2) is 0 Å². The SMILES string of the molecule is C=NOC(=NC)c1nc(C)n(Cc2ccnc(N3CCN(C)CC3)c2)n1.CC. The molecule has 0 amide bonds. The molecule has 1 aliphatic rings. The molecule has 2 aromatic rings. The van der Waals surface area contributed by atoms with Crippen LogP contribution >= 0.6 is 0 Å². The van der Waals surface area contributed by atoms with Crippen LogP contribution in [0.15, 0.2) is 28.5 Å². The maximum atomic E-state index is 5.01. The van der Waals surface area contributed by atoms with Crippen LogP contribution in [-0.4, -0.2) is 77.5 Å². The molecule has 0 aliphatic carbocycles. The van der Waals surface area contributed by atoms with Crippen molar-refractivity contribution >= 4 is 18.4 Å². The minimum atomic E-state index is 0.245. The van der Waals surface area contributed by atoms with Crippen LogP contribution in [0.2, 0.25) is 0 Å². The van der Waals surface area contributed by atoms with Crippen LogP contribution in [0.5, 0.6) is 0 Å². The number of nitrogens with zero attached hydrogens (tertiary/aromatic N) is 8. The predicted octanol–water partition coefficient (Wildman–Crippen LogP) is 1.82. The lowest BCUT2D eigenvalue weighted by Gasteiger charge is -2.33. The number of hydrogen-bond acceptors (Lipinski definition) is 8. The number of rotatable bonds is 5. The van der Waals surface area contributed by atoms with Crippen molar-refractivity contribution in [2.75, 3.05) is 45.2 Å². The number of likely N-dealkylation sites (N-methyl/N-ethyl adjacent to an activating group) is 1. The van der Waals surface area contributed by atoms with Crippen molar-refractivity contribution in [3.8, 4) is 0 Å². The summed E-state index contributed by atoms with van der Waals surface area (Å²) in [5.41, 5.74) is 1.12. The first-order valence-corrected chi connectivity index (χ1v) is 9.50. The van der Waals surface area contributed by atoms with E-state index in [9.17, 15) is 0 Å². The molecule has 152 valence electrons. The molecule has 1 fully saturated rings. The van der Waals surface area contributed by atoms with Crippen molar-refractivity contribution < 1.29 is 4.84 Å². The van der Waals surface area contributed by atoms with Gasteiger partial charge in [-0.05, 0) is 31.7 Å². The molecule has 3 heterocycles. The molecule has 2 aromatic heterocycles. The number of aliphatic imine (C=N–C) groups is 1. The van der Waals surface area contributed by atoms with Crippen molar-refractivity contribution in [2.45, 2.75) is 27.3 Å². The summed E-state index contributed by atoms with van der Waals surface area (Å²) < 4.78 is 1.82. The topological polar surface area (TPSA) is 84.0 Å². The first-order valence-electron chi connectivity index (χ1n) is 9.50. The van der Waals surface area contributed by atoms with Gasteiger partial charge in [0.1, 0.15) is 11.6 Å². The molecule has 9 nitrogen and oxygen atoms in total. The normalized spacial score (nSPS) is 15.0. The van der Waals surface area contributed by atoms with E-state index in [1.165, 1.54) is 0 Å². The summed E-state index contributed by atoms with van der Waals surface area (Å²) in [5, 5.41) is 7.86. The van der Waals surface area contributed by atoms with Crippen LogP contribution in [0.1, 0.15) is 31.1 Å². The fraction of sp³-hybridized carbons (Fsp3) is 0.526. The molecule has 0 radical (unpaired) electrons. The van der Waals surface area contributed by atoms with Crippen molar-refractivity contribution in [1.82, 2.24) is 24.6 Å². The lowest BCUT2D eigenvalue weighted by molar-refractivity contribution is 0.312. The van der Waals surface area contributed by atoms with E-state index in [-0.39, 0.29) is 5.90 Å². The van der Waals surface area contributed by atoms with Gasteiger partial charge in [0, 0.05) is 46.1 Å². The van der Waals surface area contributed by atoms with Gasteiger partial charge in [-0.25, -0.2) is 19.6 Å². The summed E-state index contributed by atoms with van der Waals surface area (Å²) >= 11 is 0. The molecule has 0 aromatic carbocycles. The Hall–Kier alpha value is -2.81. The van der Waals surface area contributed by atoms with Crippen molar-refractivity contribution in [3.05, 3.63) is 35.5 Å². The third kappa shape index (κ3) is 5.35. The van der Waals surface area contributed by atoms with Gasteiger partial charge in [-0.3, -0.25) is 0 Å². The summed E-state index contributed by atoms with van der Waals surface area (Å²) in [6.07, 6.45) is 1.85. The molecular weight excluding hydrogens is 356 g/mol. The van der Waals surface area contributed by atoms with Crippen molar-refractivity contribution in [2.24, 2.45) is 10.1 Å². The lowest BCUT2D eigenvalue weighted by atomic mass is 10.2. The largest absolute Gasteiger partial charge is 0.354 e. The van der Waals surface area contributed by atoms with Crippen LogP contribution in [0.4, 0.5) is 5.82 Å². The number of aryl methyl sites for hydroxylation is 1. The Bertz CT molecular complexity index is 793. The Balaban J connectivity index is 0.00000136. The Kier molecular flexibility index (Phi) is 8.06. The first kappa shape index (κ1) is 21.5. The third-order valence-electron chi connectivity index (χ3n) is 4.37. The maximum absolute atomic E-state index is 5.01. The Labute approximate surface area is 166 Å². The number of piperazine rings is 1. The number of aromatic nitrogens is 4.